The van der Waals surface area contributed by atoms with Gasteiger partial charge in [0.05, 0.1) is 22.8 Å². The number of hydrogen-bond donors (Lipinski definition) is 1. The molecule has 3 rings (SSSR count). The van der Waals surface area contributed by atoms with E-state index in [0.717, 1.165) is 0 Å². The lowest BCUT2D eigenvalue weighted by atomic mass is 9.78. The van der Waals surface area contributed by atoms with Gasteiger partial charge in [-0.15, -0.1) is 0 Å². The molecule has 1 N–H and O–H groups in total. The van der Waals surface area contributed by atoms with Gasteiger partial charge >= 0.3 is 13.2 Å². The zero-order chi connectivity index (χ0) is 23.2. The number of benzene rings is 1. The monoisotopic (exact) mass is 434 g/mol. The number of ether oxygens (including phenoxy) is 1. The normalized spacial score (nSPS) is 22.5. The molecule has 7 nitrogen and oxygen atoms in total. The molecular formula is C22H32BFN2O5. The summed E-state index contributed by atoms with van der Waals surface area (Å²) in [4.78, 5) is 26.3. The molecule has 1 atom stereocenters. The Balaban J connectivity index is 1.64. The number of carbonyl (C=O) groups is 2. The van der Waals surface area contributed by atoms with E-state index in [9.17, 15) is 14.0 Å². The first kappa shape index (κ1) is 23.5. The molecule has 0 bridgehead atoms. The van der Waals surface area contributed by atoms with Crippen molar-refractivity contribution in [1.29, 1.82) is 0 Å². The first-order valence-electron chi connectivity index (χ1n) is 10.6. The Hall–Kier alpha value is -2.13. The van der Waals surface area contributed by atoms with Crippen molar-refractivity contribution in [2.24, 2.45) is 0 Å². The zero-order valence-corrected chi connectivity index (χ0v) is 19.4. The van der Waals surface area contributed by atoms with Crippen molar-refractivity contribution in [3.05, 3.63) is 29.6 Å². The molecule has 2 amide bonds. The Morgan fingerprint density at radius 1 is 1.19 bits per heavy atom. The molecule has 2 aliphatic heterocycles. The second-order valence-electron chi connectivity index (χ2n) is 10.2. The molecule has 0 saturated carbocycles. The molecule has 1 aromatic carbocycles. The number of likely N-dealkylation sites (tertiary alicyclic amines) is 1. The van der Waals surface area contributed by atoms with Gasteiger partial charge in [0, 0.05) is 13.1 Å². The fourth-order valence-corrected chi connectivity index (χ4v) is 3.54. The van der Waals surface area contributed by atoms with E-state index in [2.05, 4.69) is 5.32 Å². The van der Waals surface area contributed by atoms with E-state index >= 15 is 0 Å². The van der Waals surface area contributed by atoms with Gasteiger partial charge < -0.3 is 24.3 Å². The summed E-state index contributed by atoms with van der Waals surface area (Å²) in [6, 6.07) is 4.19. The molecule has 2 aliphatic rings. The average molecular weight is 434 g/mol. The van der Waals surface area contributed by atoms with E-state index in [-0.39, 0.29) is 11.6 Å². The smallest absolute Gasteiger partial charge is 0.444 e. The van der Waals surface area contributed by atoms with Crippen LogP contribution in [0.5, 0.6) is 0 Å². The second kappa shape index (κ2) is 8.09. The van der Waals surface area contributed by atoms with Crippen molar-refractivity contribution in [2.45, 2.75) is 77.7 Å². The van der Waals surface area contributed by atoms with Crippen molar-refractivity contribution in [1.82, 2.24) is 10.2 Å². The third-order valence-electron chi connectivity index (χ3n) is 5.95. The molecule has 31 heavy (non-hydrogen) atoms. The van der Waals surface area contributed by atoms with E-state index in [1.807, 2.05) is 27.7 Å². The van der Waals surface area contributed by atoms with Crippen molar-refractivity contribution in [2.75, 3.05) is 13.1 Å². The van der Waals surface area contributed by atoms with Crippen LogP contribution in [0.25, 0.3) is 0 Å². The predicted octanol–water partition coefficient (Wildman–Crippen LogP) is 2.86. The molecule has 0 aliphatic carbocycles. The highest BCUT2D eigenvalue weighted by molar-refractivity contribution is 6.62. The number of alkyl carbamates (subject to hydrolysis) is 1. The van der Waals surface area contributed by atoms with Crippen molar-refractivity contribution < 1.29 is 28.0 Å². The lowest BCUT2D eigenvalue weighted by molar-refractivity contribution is 0.00578. The summed E-state index contributed by atoms with van der Waals surface area (Å²) in [6.07, 6.45) is 0.0586. The maximum absolute atomic E-state index is 14.8. The van der Waals surface area contributed by atoms with Gasteiger partial charge in [-0.2, -0.15) is 0 Å². The number of halogens is 1. The highest BCUT2D eigenvalue weighted by Crippen LogP contribution is 2.36. The van der Waals surface area contributed by atoms with Crippen LogP contribution in [0, 0.1) is 5.82 Å². The Morgan fingerprint density at radius 3 is 2.35 bits per heavy atom. The Kier molecular flexibility index (Phi) is 6.14. The third kappa shape index (κ3) is 5.21. The number of nitrogens with zero attached hydrogens (tertiary/aromatic N) is 1. The maximum atomic E-state index is 14.8. The van der Waals surface area contributed by atoms with Gasteiger partial charge in [0.25, 0.3) is 5.91 Å². The van der Waals surface area contributed by atoms with Crippen LogP contribution in [0.4, 0.5) is 9.18 Å². The minimum atomic E-state index is -0.696. The fourth-order valence-electron chi connectivity index (χ4n) is 3.54. The molecule has 0 radical (unpaired) electrons. The molecule has 2 fully saturated rings. The SMILES string of the molecule is CC(C)(C)OC(=O)N[C@H]1CCN(C(=O)c2ccc(B3OC(C)(C)C(C)(C)O3)cc2F)C1. The summed E-state index contributed by atoms with van der Waals surface area (Å²) in [5.41, 5.74) is -1.15. The summed E-state index contributed by atoms with van der Waals surface area (Å²) in [6.45, 7) is 13.8. The van der Waals surface area contributed by atoms with Gasteiger partial charge in [-0.25, -0.2) is 9.18 Å². The van der Waals surface area contributed by atoms with Crippen molar-refractivity contribution in [3.8, 4) is 0 Å². The van der Waals surface area contributed by atoms with Crippen LogP contribution in [0.1, 0.15) is 65.2 Å². The predicted molar refractivity (Wildman–Crippen MR) is 116 cm³/mol. The van der Waals surface area contributed by atoms with Crippen LogP contribution >= 0.6 is 0 Å². The lowest BCUT2D eigenvalue weighted by Gasteiger charge is -2.32. The van der Waals surface area contributed by atoms with E-state index in [0.29, 0.717) is 25.0 Å². The van der Waals surface area contributed by atoms with Gasteiger partial charge in [-0.1, -0.05) is 6.07 Å². The zero-order valence-electron chi connectivity index (χ0n) is 19.4. The van der Waals surface area contributed by atoms with Gasteiger partial charge in [0.2, 0.25) is 0 Å². The molecule has 1 aromatic rings. The summed E-state index contributed by atoms with van der Waals surface area (Å²) in [5, 5.41) is 2.77. The van der Waals surface area contributed by atoms with E-state index in [1.54, 1.807) is 26.8 Å². The summed E-state index contributed by atoms with van der Waals surface area (Å²) in [5.74, 6) is -1.03. The van der Waals surface area contributed by atoms with Gasteiger partial charge in [0.1, 0.15) is 11.4 Å². The number of nitrogens with one attached hydrogen (secondary N) is 1. The minimum Gasteiger partial charge on any atom is -0.444 e. The van der Waals surface area contributed by atoms with Gasteiger partial charge in [-0.3, -0.25) is 4.79 Å². The first-order valence-corrected chi connectivity index (χ1v) is 10.6. The average Bonchev–Trinajstić information content (AvgIpc) is 3.14. The van der Waals surface area contributed by atoms with Gasteiger partial charge in [-0.05, 0) is 72.5 Å². The molecule has 2 heterocycles. The van der Waals surface area contributed by atoms with Crippen LogP contribution in [-0.2, 0) is 14.0 Å². The highest BCUT2D eigenvalue weighted by atomic mass is 19.1. The van der Waals surface area contributed by atoms with E-state index in [1.165, 1.54) is 17.0 Å². The fraction of sp³-hybridized carbons (Fsp3) is 0.636. The second-order valence-corrected chi connectivity index (χ2v) is 10.2. The van der Waals surface area contributed by atoms with Crippen LogP contribution in [-0.4, -0.2) is 60.0 Å². The summed E-state index contributed by atoms with van der Waals surface area (Å²) < 4.78 is 32.0. The standard InChI is InChI=1S/C22H32BFN2O5/c1-20(2,3)29-19(28)25-15-10-11-26(13-15)18(27)16-9-8-14(12-17(16)24)23-30-21(4,5)22(6,7)31-23/h8-9,12,15H,10-11,13H2,1-7H3,(H,25,28)/t15-/m0/s1. The minimum absolute atomic E-state index is 0.0156. The van der Waals surface area contributed by atoms with Crippen molar-refractivity contribution >= 4 is 24.6 Å². The molecule has 0 aromatic heterocycles. The molecular weight excluding hydrogens is 402 g/mol. The highest BCUT2D eigenvalue weighted by Gasteiger charge is 2.51. The summed E-state index contributed by atoms with van der Waals surface area (Å²) >= 11 is 0. The number of amides is 2. The molecule has 0 unspecified atom stereocenters. The van der Waals surface area contributed by atoms with Crippen molar-refractivity contribution in [3.63, 3.8) is 0 Å². The molecule has 170 valence electrons. The topological polar surface area (TPSA) is 77.1 Å². The Labute approximate surface area is 183 Å². The first-order chi connectivity index (χ1) is 14.2. The maximum Gasteiger partial charge on any atom is 0.494 e. The lowest BCUT2D eigenvalue weighted by Crippen LogP contribution is -2.41. The number of rotatable bonds is 3. The van der Waals surface area contributed by atoms with Crippen LogP contribution in [0.2, 0.25) is 0 Å². The van der Waals surface area contributed by atoms with E-state index < -0.39 is 41.7 Å². The molecule has 9 heteroatoms. The Bertz CT molecular complexity index is 852. The Morgan fingerprint density at radius 2 is 1.81 bits per heavy atom. The third-order valence-corrected chi connectivity index (χ3v) is 5.95. The number of hydrogen-bond acceptors (Lipinski definition) is 5. The number of carbonyl (C=O) groups excluding carboxylic acids is 2. The van der Waals surface area contributed by atoms with Crippen LogP contribution in [0.3, 0.4) is 0 Å². The summed E-state index contributed by atoms with van der Waals surface area (Å²) in [7, 11) is -0.696. The quantitative estimate of drug-likeness (QED) is 0.741. The van der Waals surface area contributed by atoms with Crippen LogP contribution in [0.15, 0.2) is 18.2 Å². The largest absolute Gasteiger partial charge is 0.494 e. The molecule has 2 saturated heterocycles. The molecule has 0 spiro atoms. The van der Waals surface area contributed by atoms with E-state index in [4.69, 9.17) is 14.0 Å². The van der Waals surface area contributed by atoms with Crippen LogP contribution < -0.4 is 10.8 Å². The van der Waals surface area contributed by atoms with Gasteiger partial charge in [0.15, 0.2) is 0 Å².